The van der Waals surface area contributed by atoms with Crippen molar-refractivity contribution in [1.29, 1.82) is 0 Å². The molecule has 1 N–H and O–H groups in total. The van der Waals surface area contributed by atoms with Gasteiger partial charge in [-0.25, -0.2) is 0 Å². The minimum atomic E-state index is -0.286. The van der Waals surface area contributed by atoms with E-state index in [1.54, 1.807) is 6.07 Å². The number of rotatable bonds is 5. The Morgan fingerprint density at radius 2 is 1.85 bits per heavy atom. The van der Waals surface area contributed by atoms with E-state index in [1.165, 1.54) is 0 Å². The standard InChI is InChI=1S/C20H29N3O3/c1-3-26-17-7-5-4-6-16(17)21-18(24)14-19(25)23-13-10-20(15-23)8-11-22(2)12-9-20/h4-7H,3,8-15H2,1-2H3,(H,21,24). The molecule has 2 heterocycles. The number of piperidine rings is 1. The molecule has 0 atom stereocenters. The van der Waals surface area contributed by atoms with Gasteiger partial charge < -0.3 is 19.9 Å². The van der Waals surface area contributed by atoms with Crippen LogP contribution in [0.2, 0.25) is 0 Å². The fraction of sp³-hybridized carbons (Fsp3) is 0.600. The van der Waals surface area contributed by atoms with Crippen molar-refractivity contribution < 1.29 is 14.3 Å². The molecule has 2 aliphatic heterocycles. The number of carbonyl (C=O) groups is 2. The first kappa shape index (κ1) is 18.7. The number of para-hydroxylation sites is 2. The normalized spacial score (nSPS) is 19.5. The third-order valence-corrected chi connectivity index (χ3v) is 5.61. The number of hydrogen-bond donors (Lipinski definition) is 1. The Bertz CT molecular complexity index is 653. The van der Waals surface area contributed by atoms with E-state index >= 15 is 0 Å². The maximum atomic E-state index is 12.6. The molecule has 2 aliphatic rings. The molecule has 0 unspecified atom stereocenters. The Labute approximate surface area is 155 Å². The topological polar surface area (TPSA) is 61.9 Å². The van der Waals surface area contributed by atoms with Crippen LogP contribution in [0.1, 0.15) is 32.6 Å². The number of benzene rings is 1. The fourth-order valence-electron chi connectivity index (χ4n) is 3.94. The van der Waals surface area contributed by atoms with Crippen LogP contribution in [-0.4, -0.2) is 61.4 Å². The van der Waals surface area contributed by atoms with Gasteiger partial charge in [0.2, 0.25) is 11.8 Å². The summed E-state index contributed by atoms with van der Waals surface area (Å²) in [5.74, 6) is 0.265. The predicted molar refractivity (Wildman–Crippen MR) is 101 cm³/mol. The van der Waals surface area contributed by atoms with E-state index in [0.717, 1.165) is 45.4 Å². The van der Waals surface area contributed by atoms with Crippen LogP contribution >= 0.6 is 0 Å². The highest BCUT2D eigenvalue weighted by Crippen LogP contribution is 2.40. The second kappa shape index (κ2) is 8.08. The summed E-state index contributed by atoms with van der Waals surface area (Å²) in [6.45, 7) is 6.17. The van der Waals surface area contributed by atoms with Crippen molar-refractivity contribution in [2.45, 2.75) is 32.6 Å². The van der Waals surface area contributed by atoms with Gasteiger partial charge in [-0.05, 0) is 63.9 Å². The Morgan fingerprint density at radius 1 is 1.15 bits per heavy atom. The van der Waals surface area contributed by atoms with Gasteiger partial charge in [-0.1, -0.05) is 12.1 Å². The van der Waals surface area contributed by atoms with Gasteiger partial charge in [-0.15, -0.1) is 0 Å². The van der Waals surface area contributed by atoms with E-state index in [4.69, 9.17) is 4.74 Å². The second-order valence-electron chi connectivity index (χ2n) is 7.52. The molecule has 26 heavy (non-hydrogen) atoms. The van der Waals surface area contributed by atoms with Gasteiger partial charge in [0, 0.05) is 13.1 Å². The fourth-order valence-corrected chi connectivity index (χ4v) is 3.94. The third-order valence-electron chi connectivity index (χ3n) is 5.61. The molecular weight excluding hydrogens is 330 g/mol. The molecule has 0 saturated carbocycles. The summed E-state index contributed by atoms with van der Waals surface area (Å²) in [6, 6.07) is 7.29. The molecule has 0 radical (unpaired) electrons. The Balaban J connectivity index is 1.53. The van der Waals surface area contributed by atoms with Gasteiger partial charge in [0.1, 0.15) is 12.2 Å². The molecular formula is C20H29N3O3. The lowest BCUT2D eigenvalue weighted by Crippen LogP contribution is -2.41. The monoisotopic (exact) mass is 359 g/mol. The highest BCUT2D eigenvalue weighted by molar-refractivity contribution is 6.04. The van der Waals surface area contributed by atoms with Crippen LogP contribution in [0.5, 0.6) is 5.75 Å². The quantitative estimate of drug-likeness (QED) is 0.820. The van der Waals surface area contributed by atoms with Gasteiger partial charge >= 0.3 is 0 Å². The number of carbonyl (C=O) groups excluding carboxylic acids is 2. The van der Waals surface area contributed by atoms with Gasteiger partial charge in [0.05, 0.1) is 12.3 Å². The predicted octanol–water partition coefficient (Wildman–Crippen LogP) is 2.36. The minimum Gasteiger partial charge on any atom is -0.492 e. The van der Waals surface area contributed by atoms with E-state index in [2.05, 4.69) is 17.3 Å². The summed E-state index contributed by atoms with van der Waals surface area (Å²) in [5.41, 5.74) is 0.876. The minimum absolute atomic E-state index is 0.0767. The summed E-state index contributed by atoms with van der Waals surface area (Å²) in [4.78, 5) is 29.1. The summed E-state index contributed by atoms with van der Waals surface area (Å²) >= 11 is 0. The first-order chi connectivity index (χ1) is 12.5. The number of nitrogens with zero attached hydrogens (tertiary/aromatic N) is 2. The van der Waals surface area contributed by atoms with Gasteiger partial charge in [-0.3, -0.25) is 9.59 Å². The molecule has 1 spiro atoms. The van der Waals surface area contributed by atoms with Crippen molar-refractivity contribution in [2.75, 3.05) is 45.2 Å². The Hall–Kier alpha value is -2.08. The summed E-state index contributed by atoms with van der Waals surface area (Å²) < 4.78 is 5.51. The van der Waals surface area contributed by atoms with Crippen molar-refractivity contribution in [3.05, 3.63) is 24.3 Å². The van der Waals surface area contributed by atoms with Gasteiger partial charge in [0.25, 0.3) is 0 Å². The first-order valence-corrected chi connectivity index (χ1v) is 9.49. The summed E-state index contributed by atoms with van der Waals surface area (Å²) in [7, 11) is 2.15. The number of anilines is 1. The van der Waals surface area contributed by atoms with Crippen LogP contribution in [0.3, 0.4) is 0 Å². The summed E-state index contributed by atoms with van der Waals surface area (Å²) in [6.07, 6.45) is 3.22. The van der Waals surface area contributed by atoms with Crippen LogP contribution in [0, 0.1) is 5.41 Å². The van der Waals surface area contributed by atoms with Crippen molar-refractivity contribution >= 4 is 17.5 Å². The Morgan fingerprint density at radius 3 is 2.58 bits per heavy atom. The average Bonchev–Trinajstić information content (AvgIpc) is 3.04. The molecule has 0 aromatic heterocycles. The van der Waals surface area contributed by atoms with Crippen LogP contribution in [0.25, 0.3) is 0 Å². The van der Waals surface area contributed by atoms with Crippen molar-refractivity contribution in [3.8, 4) is 5.75 Å². The van der Waals surface area contributed by atoms with E-state index in [1.807, 2.05) is 30.0 Å². The molecule has 0 aliphatic carbocycles. The molecule has 6 nitrogen and oxygen atoms in total. The second-order valence-corrected chi connectivity index (χ2v) is 7.52. The lowest BCUT2D eigenvalue weighted by Gasteiger charge is -2.37. The van der Waals surface area contributed by atoms with E-state index in [9.17, 15) is 9.59 Å². The lowest BCUT2D eigenvalue weighted by molar-refractivity contribution is -0.134. The molecule has 3 rings (SSSR count). The van der Waals surface area contributed by atoms with E-state index < -0.39 is 0 Å². The maximum absolute atomic E-state index is 12.6. The molecule has 2 fully saturated rings. The van der Waals surface area contributed by atoms with Crippen LogP contribution in [0.4, 0.5) is 5.69 Å². The number of hydrogen-bond acceptors (Lipinski definition) is 4. The number of nitrogens with one attached hydrogen (secondary N) is 1. The van der Waals surface area contributed by atoms with Gasteiger partial charge in [-0.2, -0.15) is 0 Å². The van der Waals surface area contributed by atoms with Crippen LogP contribution < -0.4 is 10.1 Å². The van der Waals surface area contributed by atoms with Crippen molar-refractivity contribution in [1.82, 2.24) is 9.80 Å². The SMILES string of the molecule is CCOc1ccccc1NC(=O)CC(=O)N1CCC2(CCN(C)CC2)C1. The highest BCUT2D eigenvalue weighted by atomic mass is 16.5. The molecule has 2 saturated heterocycles. The Kier molecular flexibility index (Phi) is 5.81. The molecule has 0 bridgehead atoms. The molecule has 142 valence electrons. The molecule has 1 aromatic rings. The number of likely N-dealkylation sites (tertiary alicyclic amines) is 2. The largest absolute Gasteiger partial charge is 0.492 e. The average molecular weight is 359 g/mol. The third kappa shape index (κ3) is 4.36. The highest BCUT2D eigenvalue weighted by Gasteiger charge is 2.41. The van der Waals surface area contributed by atoms with Crippen molar-refractivity contribution in [3.63, 3.8) is 0 Å². The van der Waals surface area contributed by atoms with Crippen LogP contribution in [-0.2, 0) is 9.59 Å². The zero-order valence-electron chi connectivity index (χ0n) is 15.8. The first-order valence-electron chi connectivity index (χ1n) is 9.49. The van der Waals surface area contributed by atoms with Crippen molar-refractivity contribution in [2.24, 2.45) is 5.41 Å². The number of amides is 2. The van der Waals surface area contributed by atoms with E-state index in [-0.39, 0.29) is 23.7 Å². The molecule has 2 amide bonds. The van der Waals surface area contributed by atoms with E-state index in [0.29, 0.717) is 18.0 Å². The maximum Gasteiger partial charge on any atom is 0.233 e. The summed E-state index contributed by atoms with van der Waals surface area (Å²) in [5, 5.41) is 2.81. The smallest absolute Gasteiger partial charge is 0.233 e. The number of ether oxygens (including phenoxy) is 1. The molecule has 6 heteroatoms. The van der Waals surface area contributed by atoms with Gasteiger partial charge in [0.15, 0.2) is 0 Å². The zero-order chi connectivity index (χ0) is 18.6. The molecule has 1 aromatic carbocycles. The zero-order valence-corrected chi connectivity index (χ0v) is 15.8. The van der Waals surface area contributed by atoms with Crippen LogP contribution in [0.15, 0.2) is 24.3 Å². The lowest BCUT2D eigenvalue weighted by atomic mass is 9.78.